The van der Waals surface area contributed by atoms with Crippen molar-refractivity contribution in [1.82, 2.24) is 9.88 Å². The van der Waals surface area contributed by atoms with Gasteiger partial charge in [-0.15, -0.1) is 11.3 Å². The topological polar surface area (TPSA) is 88.4 Å². The molecular formula is C27H29F3N2O4S. The van der Waals surface area contributed by atoms with Crippen LogP contribution in [0.4, 0.5) is 13.2 Å². The first-order chi connectivity index (χ1) is 17.3. The number of carbonyl (C=O) groups excluding carboxylic acids is 1. The molecule has 0 radical (unpaired) electrons. The van der Waals surface area contributed by atoms with E-state index >= 15 is 0 Å². The van der Waals surface area contributed by atoms with Crippen molar-refractivity contribution in [3.63, 3.8) is 0 Å². The molecule has 10 heteroatoms. The Morgan fingerprint density at radius 1 is 1.11 bits per heavy atom. The number of pyridine rings is 1. The summed E-state index contributed by atoms with van der Waals surface area (Å²) in [7, 11) is 0. The lowest BCUT2D eigenvalue weighted by Gasteiger charge is -2.24. The number of hydrogen-bond acceptors (Lipinski definition) is 4. The molecule has 0 aliphatic heterocycles. The molecule has 0 saturated carbocycles. The molecule has 0 unspecified atom stereocenters. The second-order valence-electron chi connectivity index (χ2n) is 9.47. The Morgan fingerprint density at radius 2 is 1.76 bits per heavy atom. The fourth-order valence-electron chi connectivity index (χ4n) is 4.28. The minimum absolute atomic E-state index is 0.0698. The first-order valence-corrected chi connectivity index (χ1v) is 12.6. The van der Waals surface area contributed by atoms with Crippen LogP contribution >= 0.6 is 11.3 Å². The molecule has 6 nitrogen and oxygen atoms in total. The van der Waals surface area contributed by atoms with Crippen LogP contribution < -0.4 is 10.9 Å². The number of aromatic nitrogens is 1. The molecular weight excluding hydrogens is 505 g/mol. The lowest BCUT2D eigenvalue weighted by atomic mass is 9.99. The normalized spacial score (nSPS) is 13.4. The summed E-state index contributed by atoms with van der Waals surface area (Å²) in [5, 5.41) is 14.0. The van der Waals surface area contributed by atoms with Gasteiger partial charge in [0.1, 0.15) is 6.04 Å². The molecule has 37 heavy (non-hydrogen) atoms. The van der Waals surface area contributed by atoms with Gasteiger partial charge in [-0.2, -0.15) is 13.2 Å². The van der Waals surface area contributed by atoms with Crippen LogP contribution in [-0.4, -0.2) is 21.6 Å². The third-order valence-electron chi connectivity index (χ3n) is 6.05. The Bertz CT molecular complexity index is 1320. The Labute approximate surface area is 216 Å². The molecule has 1 amide bonds. The molecule has 0 saturated heterocycles. The van der Waals surface area contributed by atoms with Gasteiger partial charge in [-0.25, -0.2) is 0 Å². The highest BCUT2D eigenvalue weighted by Crippen LogP contribution is 2.35. The van der Waals surface area contributed by atoms with Crippen molar-refractivity contribution in [1.29, 1.82) is 0 Å². The Hall–Kier alpha value is -3.40. The number of thiophene rings is 1. The number of aliphatic carboxylic acids is 1. The lowest BCUT2D eigenvalue weighted by molar-refractivity contribution is -0.138. The molecule has 0 spiro atoms. The van der Waals surface area contributed by atoms with E-state index in [0.717, 1.165) is 38.4 Å². The van der Waals surface area contributed by atoms with Gasteiger partial charge >= 0.3 is 12.1 Å². The number of halogens is 3. The summed E-state index contributed by atoms with van der Waals surface area (Å²) in [5.41, 5.74) is 1.70. The van der Waals surface area contributed by atoms with Gasteiger partial charge in [-0.05, 0) is 66.0 Å². The van der Waals surface area contributed by atoms with E-state index in [-0.39, 0.29) is 12.3 Å². The van der Waals surface area contributed by atoms with Gasteiger partial charge in [0.15, 0.2) is 0 Å². The van der Waals surface area contributed by atoms with Gasteiger partial charge in [0, 0.05) is 17.1 Å². The predicted molar refractivity (Wildman–Crippen MR) is 137 cm³/mol. The fraction of sp³-hybridized carbons (Fsp3) is 0.370. The number of hydrogen-bond donors (Lipinski definition) is 2. The zero-order chi connectivity index (χ0) is 27.5. The molecule has 2 N–H and O–H groups in total. The molecule has 1 aromatic carbocycles. The zero-order valence-electron chi connectivity index (χ0n) is 20.9. The Kier molecular flexibility index (Phi) is 8.63. The van der Waals surface area contributed by atoms with Crippen molar-refractivity contribution in [2.24, 2.45) is 5.92 Å². The highest BCUT2D eigenvalue weighted by molar-refractivity contribution is 7.13. The second-order valence-corrected chi connectivity index (χ2v) is 10.4. The first kappa shape index (κ1) is 28.2. The second kappa shape index (κ2) is 11.3. The van der Waals surface area contributed by atoms with Crippen molar-refractivity contribution in [2.45, 2.75) is 58.8 Å². The van der Waals surface area contributed by atoms with Crippen LogP contribution in [-0.2, 0) is 15.8 Å². The highest BCUT2D eigenvalue weighted by Gasteiger charge is 2.33. The van der Waals surface area contributed by atoms with E-state index in [1.807, 2.05) is 52.0 Å². The Balaban J connectivity index is 1.95. The molecule has 0 aliphatic rings. The summed E-state index contributed by atoms with van der Waals surface area (Å²) in [4.78, 5) is 38.5. The van der Waals surface area contributed by atoms with Crippen molar-refractivity contribution in [3.05, 3.63) is 80.6 Å². The fourth-order valence-corrected chi connectivity index (χ4v) is 5.42. The maximum atomic E-state index is 13.4. The van der Waals surface area contributed by atoms with Gasteiger partial charge in [0.2, 0.25) is 5.91 Å². The summed E-state index contributed by atoms with van der Waals surface area (Å²) < 4.78 is 40.1. The van der Waals surface area contributed by atoms with Crippen molar-refractivity contribution in [3.8, 4) is 10.4 Å². The van der Waals surface area contributed by atoms with Crippen molar-refractivity contribution < 1.29 is 27.9 Å². The monoisotopic (exact) mass is 534 g/mol. The number of benzene rings is 1. The van der Waals surface area contributed by atoms with E-state index in [0.29, 0.717) is 11.6 Å². The molecule has 198 valence electrons. The third-order valence-corrected chi connectivity index (χ3v) is 7.02. The maximum absolute atomic E-state index is 13.4. The van der Waals surface area contributed by atoms with E-state index in [9.17, 15) is 32.7 Å². The van der Waals surface area contributed by atoms with Crippen LogP contribution in [0, 0.1) is 19.8 Å². The van der Waals surface area contributed by atoms with Gasteiger partial charge in [0.25, 0.3) is 5.56 Å². The average Bonchev–Trinajstić information content (AvgIpc) is 3.25. The van der Waals surface area contributed by atoms with Gasteiger partial charge in [-0.3, -0.25) is 14.4 Å². The van der Waals surface area contributed by atoms with E-state index in [2.05, 4.69) is 5.32 Å². The van der Waals surface area contributed by atoms with Crippen molar-refractivity contribution in [2.75, 3.05) is 0 Å². The standard InChI is InChI=1S/C27H29F3N2O4S/c1-15(2)10-21(32-9-8-19(12-23(32)33)27(28,29)30)26(36)31-20(13-24(34)35)18-11-22(37-14-18)25-16(3)6-5-7-17(25)4/h5-9,11-12,14-15,20-21H,10,13H2,1-4H3,(H,31,36)(H,34,35)/t20-,21+/m0/s1. The summed E-state index contributed by atoms with van der Waals surface area (Å²) in [5.74, 6) is -1.83. The van der Waals surface area contributed by atoms with E-state index in [1.165, 1.54) is 11.3 Å². The minimum Gasteiger partial charge on any atom is -0.481 e. The summed E-state index contributed by atoms with van der Waals surface area (Å²) in [6.07, 6.45) is -3.94. The quantitative estimate of drug-likeness (QED) is 0.346. The summed E-state index contributed by atoms with van der Waals surface area (Å²) in [6.45, 7) is 7.60. The number of carboxylic acids is 1. The first-order valence-electron chi connectivity index (χ1n) is 11.7. The molecule has 0 aliphatic carbocycles. The average molecular weight is 535 g/mol. The SMILES string of the molecule is Cc1cccc(C)c1-c1cc([C@H](CC(=O)O)NC(=O)[C@@H](CC(C)C)n2ccc(C(F)(F)F)cc2=O)cs1. The van der Waals surface area contributed by atoms with E-state index < -0.39 is 47.7 Å². The van der Waals surface area contributed by atoms with E-state index in [1.54, 1.807) is 5.38 Å². The van der Waals surface area contributed by atoms with E-state index in [4.69, 9.17) is 0 Å². The largest absolute Gasteiger partial charge is 0.481 e. The number of nitrogens with zero attached hydrogens (tertiary/aromatic N) is 1. The molecule has 3 rings (SSSR count). The van der Waals surface area contributed by atoms with Crippen LogP contribution in [0.15, 0.2) is 52.8 Å². The maximum Gasteiger partial charge on any atom is 0.416 e. The number of alkyl halides is 3. The van der Waals surface area contributed by atoms with Gasteiger partial charge in [-0.1, -0.05) is 32.0 Å². The molecule has 3 aromatic rings. The number of nitrogens with one attached hydrogen (secondary N) is 1. The highest BCUT2D eigenvalue weighted by atomic mass is 32.1. The zero-order valence-corrected chi connectivity index (χ0v) is 21.7. The smallest absolute Gasteiger partial charge is 0.416 e. The van der Waals surface area contributed by atoms with Crippen molar-refractivity contribution >= 4 is 23.2 Å². The molecule has 2 heterocycles. The van der Waals surface area contributed by atoms with Crippen LogP contribution in [0.5, 0.6) is 0 Å². The number of carboxylic acid groups (broad SMARTS) is 1. The predicted octanol–water partition coefficient (Wildman–Crippen LogP) is 6.13. The molecule has 0 fully saturated rings. The summed E-state index contributed by atoms with van der Waals surface area (Å²) >= 11 is 1.43. The lowest BCUT2D eigenvalue weighted by Crippen LogP contribution is -2.40. The molecule has 2 atom stereocenters. The van der Waals surface area contributed by atoms with Crippen LogP contribution in [0.2, 0.25) is 0 Å². The van der Waals surface area contributed by atoms with Gasteiger partial charge < -0.3 is 15.0 Å². The van der Waals surface area contributed by atoms with Crippen LogP contribution in [0.25, 0.3) is 10.4 Å². The summed E-state index contributed by atoms with van der Waals surface area (Å²) in [6, 6.07) is 6.98. The number of carbonyl (C=O) groups is 2. The molecule has 0 bridgehead atoms. The number of amides is 1. The van der Waals surface area contributed by atoms with Crippen LogP contribution in [0.3, 0.4) is 0 Å². The number of aryl methyl sites for hydroxylation is 2. The number of rotatable bonds is 9. The minimum atomic E-state index is -4.69. The van der Waals surface area contributed by atoms with Gasteiger partial charge in [0.05, 0.1) is 18.0 Å². The van der Waals surface area contributed by atoms with Crippen LogP contribution in [0.1, 0.15) is 61.0 Å². The molecule has 2 aromatic heterocycles. The Morgan fingerprint density at radius 3 is 2.30 bits per heavy atom. The third kappa shape index (κ3) is 6.88.